The number of nitrogens with zero attached hydrogens (tertiary/aromatic N) is 1. The Morgan fingerprint density at radius 1 is 1.61 bits per heavy atom. The van der Waals surface area contributed by atoms with Crippen molar-refractivity contribution in [2.75, 3.05) is 6.61 Å². The van der Waals surface area contributed by atoms with E-state index in [2.05, 4.69) is 5.32 Å². The summed E-state index contributed by atoms with van der Waals surface area (Å²) in [5.74, 6) is -0.116. The van der Waals surface area contributed by atoms with Gasteiger partial charge in [-0.25, -0.2) is 4.39 Å². The number of carbonyl (C=O) groups is 1. The van der Waals surface area contributed by atoms with Crippen molar-refractivity contribution in [3.63, 3.8) is 0 Å². The zero-order valence-electron chi connectivity index (χ0n) is 9.78. The summed E-state index contributed by atoms with van der Waals surface area (Å²) in [6.07, 6.45) is 1.25. The third kappa shape index (κ3) is 2.77. The van der Waals surface area contributed by atoms with Crippen LogP contribution in [0.4, 0.5) is 4.39 Å². The highest BCUT2D eigenvalue weighted by atomic mass is 19.1. The summed E-state index contributed by atoms with van der Waals surface area (Å²) in [7, 11) is 0. The van der Waals surface area contributed by atoms with Gasteiger partial charge in [-0.15, -0.1) is 0 Å². The minimum absolute atomic E-state index is 0.192. The number of ether oxygens (including phenoxy) is 1. The van der Waals surface area contributed by atoms with Gasteiger partial charge < -0.3 is 10.1 Å². The molecule has 4 nitrogen and oxygen atoms in total. The molecule has 0 fully saturated rings. The lowest BCUT2D eigenvalue weighted by molar-refractivity contribution is -0.120. The van der Waals surface area contributed by atoms with E-state index in [1.165, 1.54) is 12.1 Å². The topological polar surface area (TPSA) is 62.1 Å². The molecular formula is C13H13FN2O2. The molecule has 1 heterocycles. The van der Waals surface area contributed by atoms with Crippen molar-refractivity contribution in [2.45, 2.75) is 25.3 Å². The number of halogens is 1. The predicted molar refractivity (Wildman–Crippen MR) is 62.2 cm³/mol. The monoisotopic (exact) mass is 248 g/mol. The molecule has 1 aromatic carbocycles. The normalized spacial score (nSPS) is 17.9. The van der Waals surface area contributed by atoms with Crippen LogP contribution in [0.2, 0.25) is 0 Å². The van der Waals surface area contributed by atoms with E-state index in [1.807, 2.05) is 0 Å². The van der Waals surface area contributed by atoms with Gasteiger partial charge >= 0.3 is 0 Å². The number of fused-ring (bicyclic) bond motifs is 1. The molecular weight excluding hydrogens is 235 g/mol. The van der Waals surface area contributed by atoms with Crippen LogP contribution in [0.15, 0.2) is 18.2 Å². The largest absolute Gasteiger partial charge is 0.493 e. The van der Waals surface area contributed by atoms with Gasteiger partial charge in [0.2, 0.25) is 5.91 Å². The summed E-state index contributed by atoms with van der Waals surface area (Å²) in [5, 5.41) is 11.2. The molecule has 94 valence electrons. The summed E-state index contributed by atoms with van der Waals surface area (Å²) >= 11 is 0. The minimum Gasteiger partial charge on any atom is -0.493 e. The van der Waals surface area contributed by atoms with E-state index in [0.29, 0.717) is 24.3 Å². The number of nitriles is 1. The Labute approximate surface area is 104 Å². The van der Waals surface area contributed by atoms with Gasteiger partial charge in [-0.05, 0) is 31.0 Å². The van der Waals surface area contributed by atoms with E-state index in [-0.39, 0.29) is 24.2 Å². The van der Waals surface area contributed by atoms with Crippen LogP contribution in [0.1, 0.15) is 30.9 Å². The summed E-state index contributed by atoms with van der Waals surface area (Å²) < 4.78 is 18.8. The first-order chi connectivity index (χ1) is 8.70. The van der Waals surface area contributed by atoms with Gasteiger partial charge in [-0.2, -0.15) is 5.26 Å². The molecule has 2 rings (SSSR count). The van der Waals surface area contributed by atoms with Crippen LogP contribution >= 0.6 is 0 Å². The number of hydrogen-bond donors (Lipinski definition) is 1. The van der Waals surface area contributed by atoms with E-state index in [0.717, 1.165) is 6.42 Å². The van der Waals surface area contributed by atoms with Crippen LogP contribution in [0.3, 0.4) is 0 Å². The Hall–Kier alpha value is -2.09. The zero-order valence-corrected chi connectivity index (χ0v) is 9.78. The maximum absolute atomic E-state index is 13.3. The van der Waals surface area contributed by atoms with E-state index in [9.17, 15) is 9.18 Å². The molecule has 5 heteroatoms. The Bertz CT molecular complexity index is 496. The van der Waals surface area contributed by atoms with Gasteiger partial charge in [0.15, 0.2) is 0 Å². The Morgan fingerprint density at radius 2 is 2.44 bits per heavy atom. The van der Waals surface area contributed by atoms with Crippen LogP contribution in [-0.2, 0) is 4.79 Å². The third-order valence-corrected chi connectivity index (χ3v) is 2.82. The summed E-state index contributed by atoms with van der Waals surface area (Å²) in [4.78, 5) is 11.5. The second kappa shape index (κ2) is 5.50. The molecule has 18 heavy (non-hydrogen) atoms. The highest BCUT2D eigenvalue weighted by Gasteiger charge is 2.21. The summed E-state index contributed by atoms with van der Waals surface area (Å²) in [5.41, 5.74) is 0.638. The summed E-state index contributed by atoms with van der Waals surface area (Å²) in [6, 6.07) is 5.77. The number of carbonyl (C=O) groups excluding carboxylic acids is 1. The molecule has 1 aliphatic heterocycles. The average molecular weight is 248 g/mol. The molecule has 0 bridgehead atoms. The predicted octanol–water partition coefficient (Wildman–Crippen LogP) is 2.07. The van der Waals surface area contributed by atoms with Crippen LogP contribution < -0.4 is 10.1 Å². The smallest absolute Gasteiger partial charge is 0.234 e. The van der Waals surface area contributed by atoms with Gasteiger partial charge in [0, 0.05) is 5.56 Å². The van der Waals surface area contributed by atoms with Gasteiger partial charge in [0.25, 0.3) is 0 Å². The summed E-state index contributed by atoms with van der Waals surface area (Å²) in [6.45, 7) is 0.545. The van der Waals surface area contributed by atoms with E-state index in [4.69, 9.17) is 10.00 Å². The van der Waals surface area contributed by atoms with Gasteiger partial charge in [-0.1, -0.05) is 0 Å². The average Bonchev–Trinajstić information content (AvgIpc) is 2.52. The first-order valence-electron chi connectivity index (χ1n) is 5.79. The van der Waals surface area contributed by atoms with Crippen LogP contribution in [0.25, 0.3) is 0 Å². The van der Waals surface area contributed by atoms with Gasteiger partial charge in [0.05, 0.1) is 18.7 Å². The molecule has 1 unspecified atom stereocenters. The zero-order chi connectivity index (χ0) is 13.0. The number of rotatable bonds is 2. The van der Waals surface area contributed by atoms with Crippen molar-refractivity contribution in [3.8, 4) is 11.8 Å². The molecule has 0 aliphatic carbocycles. The molecule has 0 radical (unpaired) electrons. The van der Waals surface area contributed by atoms with Crippen molar-refractivity contribution >= 4 is 5.91 Å². The second-order valence-corrected chi connectivity index (χ2v) is 4.13. The Kier molecular flexibility index (Phi) is 3.78. The lowest BCUT2D eigenvalue weighted by Gasteiger charge is -2.17. The molecule has 1 N–H and O–H groups in total. The molecule has 0 saturated carbocycles. The number of nitrogens with one attached hydrogen (secondary N) is 1. The highest BCUT2D eigenvalue weighted by Crippen LogP contribution is 2.31. The lowest BCUT2D eigenvalue weighted by atomic mass is 10.0. The van der Waals surface area contributed by atoms with Crippen molar-refractivity contribution in [1.82, 2.24) is 5.32 Å². The van der Waals surface area contributed by atoms with Gasteiger partial charge in [0.1, 0.15) is 18.0 Å². The second-order valence-electron chi connectivity index (χ2n) is 4.13. The standard InChI is InChI=1S/C13H13FN2O2/c14-9-3-4-12-10(8-9)11(2-1-7-18-12)16-13(17)5-6-15/h3-4,8,11H,1-2,5,7H2,(H,16,17). The van der Waals surface area contributed by atoms with Crippen molar-refractivity contribution in [1.29, 1.82) is 5.26 Å². The SMILES string of the molecule is N#CCC(=O)NC1CCCOc2ccc(F)cc21. The molecule has 0 saturated heterocycles. The Balaban J connectivity index is 2.24. The van der Waals surface area contributed by atoms with E-state index < -0.39 is 0 Å². The molecule has 1 aliphatic rings. The number of hydrogen-bond acceptors (Lipinski definition) is 3. The lowest BCUT2D eigenvalue weighted by Crippen LogP contribution is -2.27. The van der Waals surface area contributed by atoms with Crippen LogP contribution in [0.5, 0.6) is 5.75 Å². The van der Waals surface area contributed by atoms with Crippen molar-refractivity contribution in [3.05, 3.63) is 29.6 Å². The van der Waals surface area contributed by atoms with Crippen molar-refractivity contribution in [2.24, 2.45) is 0 Å². The quantitative estimate of drug-likeness (QED) is 0.871. The fourth-order valence-corrected chi connectivity index (χ4v) is 2.02. The van der Waals surface area contributed by atoms with E-state index in [1.54, 1.807) is 12.1 Å². The molecule has 1 amide bonds. The maximum Gasteiger partial charge on any atom is 0.234 e. The third-order valence-electron chi connectivity index (χ3n) is 2.82. The highest BCUT2D eigenvalue weighted by molar-refractivity contribution is 5.78. The van der Waals surface area contributed by atoms with Gasteiger partial charge in [-0.3, -0.25) is 4.79 Å². The molecule has 0 spiro atoms. The molecule has 1 aromatic rings. The first-order valence-corrected chi connectivity index (χ1v) is 5.79. The number of benzene rings is 1. The van der Waals surface area contributed by atoms with E-state index >= 15 is 0 Å². The maximum atomic E-state index is 13.3. The van der Waals surface area contributed by atoms with Crippen LogP contribution in [-0.4, -0.2) is 12.5 Å². The fourth-order valence-electron chi connectivity index (χ4n) is 2.02. The van der Waals surface area contributed by atoms with Crippen LogP contribution in [0, 0.1) is 17.1 Å². The number of amides is 1. The molecule has 0 aromatic heterocycles. The fraction of sp³-hybridized carbons (Fsp3) is 0.385. The molecule has 1 atom stereocenters. The first kappa shape index (κ1) is 12.4. The van der Waals surface area contributed by atoms with Crippen molar-refractivity contribution < 1.29 is 13.9 Å². The minimum atomic E-state index is -0.362. The Morgan fingerprint density at radius 3 is 3.22 bits per heavy atom.